The van der Waals surface area contributed by atoms with Crippen molar-refractivity contribution >= 4 is 11.6 Å². The number of carbonyl (C=O) groups excluding carboxylic acids is 1. The smallest absolute Gasteiger partial charge is 0.257 e. The molecule has 0 saturated heterocycles. The van der Waals surface area contributed by atoms with E-state index in [-0.39, 0.29) is 0 Å². The molecule has 1 heterocycles. The molecule has 20 heavy (non-hydrogen) atoms. The first-order chi connectivity index (χ1) is 9.74. The van der Waals surface area contributed by atoms with E-state index in [9.17, 15) is 9.90 Å². The molecule has 1 unspecified atom stereocenters. The zero-order valence-electron chi connectivity index (χ0n) is 10.9. The topological polar surface area (TPSA) is 58.6 Å². The van der Waals surface area contributed by atoms with E-state index >= 15 is 0 Å². The number of hydrogen-bond acceptors (Lipinski definition) is 3. The van der Waals surface area contributed by atoms with Crippen LogP contribution < -0.4 is 5.32 Å². The SMILES string of the molecule is O=C(Nc1ccc2c(c1)COC2)C(O)c1ccccc1. The number of rotatable bonds is 3. The lowest BCUT2D eigenvalue weighted by Crippen LogP contribution is -2.20. The summed E-state index contributed by atoms with van der Waals surface area (Å²) in [5.74, 6) is -0.435. The molecule has 0 fully saturated rings. The summed E-state index contributed by atoms with van der Waals surface area (Å²) in [5, 5.41) is 12.7. The largest absolute Gasteiger partial charge is 0.378 e. The van der Waals surface area contributed by atoms with Gasteiger partial charge in [-0.15, -0.1) is 0 Å². The second-order valence-corrected chi connectivity index (χ2v) is 4.78. The minimum Gasteiger partial charge on any atom is -0.378 e. The first-order valence-electron chi connectivity index (χ1n) is 6.47. The second-order valence-electron chi connectivity index (χ2n) is 4.78. The van der Waals surface area contributed by atoms with E-state index in [2.05, 4.69) is 5.32 Å². The van der Waals surface area contributed by atoms with Crippen LogP contribution in [0.3, 0.4) is 0 Å². The molecule has 0 bridgehead atoms. The third kappa shape index (κ3) is 2.57. The molecule has 4 nitrogen and oxygen atoms in total. The number of aliphatic hydroxyl groups excluding tert-OH is 1. The second kappa shape index (κ2) is 5.45. The molecule has 102 valence electrons. The number of hydrogen-bond donors (Lipinski definition) is 2. The number of aliphatic hydroxyl groups is 1. The van der Waals surface area contributed by atoms with E-state index < -0.39 is 12.0 Å². The fourth-order valence-electron chi connectivity index (χ4n) is 2.25. The fourth-order valence-corrected chi connectivity index (χ4v) is 2.25. The van der Waals surface area contributed by atoms with Gasteiger partial charge in [0.05, 0.1) is 13.2 Å². The third-order valence-corrected chi connectivity index (χ3v) is 3.35. The highest BCUT2D eigenvalue weighted by Gasteiger charge is 2.18. The first kappa shape index (κ1) is 12.8. The summed E-state index contributed by atoms with van der Waals surface area (Å²) < 4.78 is 5.33. The maximum Gasteiger partial charge on any atom is 0.257 e. The molecule has 4 heteroatoms. The minimum atomic E-state index is -1.17. The molecule has 0 radical (unpaired) electrons. The van der Waals surface area contributed by atoms with Gasteiger partial charge in [0.2, 0.25) is 0 Å². The summed E-state index contributed by atoms with van der Waals surface area (Å²) >= 11 is 0. The van der Waals surface area contributed by atoms with Crippen LogP contribution in [-0.4, -0.2) is 11.0 Å². The van der Waals surface area contributed by atoms with E-state index in [1.807, 2.05) is 24.3 Å². The molecule has 1 aliphatic heterocycles. The van der Waals surface area contributed by atoms with Crippen LogP contribution in [0.15, 0.2) is 48.5 Å². The average Bonchev–Trinajstić information content (AvgIpc) is 2.95. The van der Waals surface area contributed by atoms with Gasteiger partial charge in [0.1, 0.15) is 0 Å². The van der Waals surface area contributed by atoms with Crippen molar-refractivity contribution < 1.29 is 14.6 Å². The summed E-state index contributed by atoms with van der Waals surface area (Å²) in [7, 11) is 0. The zero-order valence-corrected chi connectivity index (χ0v) is 10.9. The highest BCUT2D eigenvalue weighted by Crippen LogP contribution is 2.24. The summed E-state index contributed by atoms with van der Waals surface area (Å²) in [6.07, 6.45) is -1.17. The molecule has 2 aromatic rings. The van der Waals surface area contributed by atoms with Gasteiger partial charge in [0.25, 0.3) is 5.91 Å². The Balaban J connectivity index is 1.73. The molecular formula is C16H15NO3. The number of carbonyl (C=O) groups is 1. The lowest BCUT2D eigenvalue weighted by atomic mass is 10.1. The summed E-state index contributed by atoms with van der Waals surface area (Å²) in [6, 6.07) is 14.5. The van der Waals surface area contributed by atoms with Crippen molar-refractivity contribution in [3.05, 3.63) is 65.2 Å². The van der Waals surface area contributed by atoms with Crippen LogP contribution in [0.25, 0.3) is 0 Å². The van der Waals surface area contributed by atoms with Crippen molar-refractivity contribution in [2.24, 2.45) is 0 Å². The van der Waals surface area contributed by atoms with Crippen LogP contribution in [0.1, 0.15) is 22.8 Å². The Morgan fingerprint density at radius 1 is 1.10 bits per heavy atom. The monoisotopic (exact) mass is 269 g/mol. The Morgan fingerprint density at radius 2 is 1.85 bits per heavy atom. The van der Waals surface area contributed by atoms with Gasteiger partial charge in [-0.05, 0) is 28.8 Å². The molecule has 2 N–H and O–H groups in total. The predicted octanol–water partition coefficient (Wildman–Crippen LogP) is 2.39. The summed E-state index contributed by atoms with van der Waals surface area (Å²) in [6.45, 7) is 1.19. The predicted molar refractivity (Wildman–Crippen MR) is 75.0 cm³/mol. The molecular weight excluding hydrogens is 254 g/mol. The maximum absolute atomic E-state index is 12.0. The number of amides is 1. The van der Waals surface area contributed by atoms with Gasteiger partial charge in [-0.1, -0.05) is 36.4 Å². The lowest BCUT2D eigenvalue weighted by Gasteiger charge is -2.12. The van der Waals surface area contributed by atoms with Gasteiger partial charge < -0.3 is 15.2 Å². The Kier molecular flexibility index (Phi) is 3.50. The Morgan fingerprint density at radius 3 is 2.65 bits per heavy atom. The van der Waals surface area contributed by atoms with Crippen LogP contribution in [0.4, 0.5) is 5.69 Å². The third-order valence-electron chi connectivity index (χ3n) is 3.35. The Labute approximate surface area is 117 Å². The van der Waals surface area contributed by atoms with E-state index in [1.165, 1.54) is 0 Å². The Bertz CT molecular complexity index is 625. The van der Waals surface area contributed by atoms with E-state index in [4.69, 9.17) is 4.74 Å². The molecule has 0 saturated carbocycles. The number of ether oxygens (including phenoxy) is 1. The standard InChI is InChI=1S/C16H15NO3/c18-15(11-4-2-1-3-5-11)16(19)17-14-7-6-12-9-20-10-13(12)8-14/h1-8,15,18H,9-10H2,(H,17,19). The maximum atomic E-state index is 12.0. The van der Waals surface area contributed by atoms with Crippen molar-refractivity contribution in [3.8, 4) is 0 Å². The van der Waals surface area contributed by atoms with E-state index in [1.54, 1.807) is 24.3 Å². The van der Waals surface area contributed by atoms with Crippen LogP contribution in [0, 0.1) is 0 Å². The highest BCUT2D eigenvalue weighted by molar-refractivity contribution is 5.94. The molecule has 0 spiro atoms. The van der Waals surface area contributed by atoms with Crippen molar-refractivity contribution in [3.63, 3.8) is 0 Å². The molecule has 1 amide bonds. The van der Waals surface area contributed by atoms with E-state index in [0.717, 1.165) is 11.1 Å². The quantitative estimate of drug-likeness (QED) is 0.899. The van der Waals surface area contributed by atoms with E-state index in [0.29, 0.717) is 24.5 Å². The van der Waals surface area contributed by atoms with Crippen molar-refractivity contribution in [2.45, 2.75) is 19.3 Å². The minimum absolute atomic E-state index is 0.435. The molecule has 0 aromatic heterocycles. The number of fused-ring (bicyclic) bond motifs is 1. The zero-order chi connectivity index (χ0) is 13.9. The average molecular weight is 269 g/mol. The van der Waals surface area contributed by atoms with Gasteiger partial charge in [-0.25, -0.2) is 0 Å². The molecule has 1 aliphatic rings. The van der Waals surface area contributed by atoms with Crippen molar-refractivity contribution in [1.29, 1.82) is 0 Å². The van der Waals surface area contributed by atoms with Crippen LogP contribution in [0.2, 0.25) is 0 Å². The number of nitrogens with one attached hydrogen (secondary N) is 1. The van der Waals surface area contributed by atoms with Gasteiger partial charge in [-0.3, -0.25) is 4.79 Å². The fraction of sp³-hybridized carbons (Fsp3) is 0.188. The molecule has 0 aliphatic carbocycles. The van der Waals surface area contributed by atoms with Crippen molar-refractivity contribution in [1.82, 2.24) is 0 Å². The Hall–Kier alpha value is -2.17. The van der Waals surface area contributed by atoms with Crippen LogP contribution in [0.5, 0.6) is 0 Å². The van der Waals surface area contributed by atoms with Crippen LogP contribution in [-0.2, 0) is 22.7 Å². The van der Waals surface area contributed by atoms with Gasteiger partial charge in [0, 0.05) is 5.69 Å². The lowest BCUT2D eigenvalue weighted by molar-refractivity contribution is -0.124. The number of anilines is 1. The highest BCUT2D eigenvalue weighted by atomic mass is 16.5. The van der Waals surface area contributed by atoms with Gasteiger partial charge in [0.15, 0.2) is 6.10 Å². The summed E-state index contributed by atoms with van der Waals surface area (Å²) in [4.78, 5) is 12.0. The molecule has 1 atom stereocenters. The summed E-state index contributed by atoms with van der Waals surface area (Å²) in [5.41, 5.74) is 3.48. The van der Waals surface area contributed by atoms with Gasteiger partial charge >= 0.3 is 0 Å². The van der Waals surface area contributed by atoms with Gasteiger partial charge in [-0.2, -0.15) is 0 Å². The number of benzene rings is 2. The molecule has 2 aromatic carbocycles. The molecule has 3 rings (SSSR count). The normalized spacial score (nSPS) is 14.7. The van der Waals surface area contributed by atoms with Crippen LogP contribution >= 0.6 is 0 Å². The first-order valence-corrected chi connectivity index (χ1v) is 6.47. The van der Waals surface area contributed by atoms with Crippen molar-refractivity contribution in [2.75, 3.05) is 5.32 Å².